The average molecular weight is 368 g/mol. The Morgan fingerprint density at radius 1 is 1.22 bits per heavy atom. The molecule has 0 aliphatic carbocycles. The van der Waals surface area contributed by atoms with Crippen molar-refractivity contribution in [2.45, 2.75) is 26.3 Å². The SMILES string of the molecule is COC(=O)c1cc(NC(C)C)c2cc(Cc3ccc(F)cc3)cnc2c1O. The van der Waals surface area contributed by atoms with Crippen LogP contribution in [0.5, 0.6) is 5.75 Å². The van der Waals surface area contributed by atoms with E-state index in [0.717, 1.165) is 11.1 Å². The summed E-state index contributed by atoms with van der Waals surface area (Å²) in [5, 5.41) is 14.5. The molecular weight excluding hydrogens is 347 g/mol. The van der Waals surface area contributed by atoms with E-state index in [2.05, 4.69) is 10.3 Å². The van der Waals surface area contributed by atoms with E-state index >= 15 is 0 Å². The maximum absolute atomic E-state index is 13.1. The first-order valence-corrected chi connectivity index (χ1v) is 8.63. The summed E-state index contributed by atoms with van der Waals surface area (Å²) in [7, 11) is 1.26. The smallest absolute Gasteiger partial charge is 0.341 e. The Labute approximate surface area is 156 Å². The van der Waals surface area contributed by atoms with Crippen LogP contribution in [0.1, 0.15) is 35.3 Å². The molecular formula is C21H21FN2O3. The molecule has 0 saturated carbocycles. The summed E-state index contributed by atoms with van der Waals surface area (Å²) >= 11 is 0. The number of anilines is 1. The number of ether oxygens (including phenoxy) is 1. The van der Waals surface area contributed by atoms with Crippen molar-refractivity contribution in [2.24, 2.45) is 0 Å². The highest BCUT2D eigenvalue weighted by Crippen LogP contribution is 2.35. The van der Waals surface area contributed by atoms with Gasteiger partial charge in [0.2, 0.25) is 0 Å². The van der Waals surface area contributed by atoms with Crippen molar-refractivity contribution in [2.75, 3.05) is 12.4 Å². The normalized spacial score (nSPS) is 11.0. The predicted molar refractivity (Wildman–Crippen MR) is 103 cm³/mol. The second-order valence-electron chi connectivity index (χ2n) is 6.65. The van der Waals surface area contributed by atoms with Gasteiger partial charge in [-0.25, -0.2) is 9.18 Å². The second kappa shape index (κ2) is 7.61. The second-order valence-corrected chi connectivity index (χ2v) is 6.65. The minimum Gasteiger partial charge on any atom is -0.505 e. The van der Waals surface area contributed by atoms with Crippen LogP contribution in [0.3, 0.4) is 0 Å². The summed E-state index contributed by atoms with van der Waals surface area (Å²) in [6.07, 6.45) is 2.22. The molecule has 0 radical (unpaired) electrons. The van der Waals surface area contributed by atoms with E-state index in [0.29, 0.717) is 23.0 Å². The Bertz CT molecular complexity index is 985. The van der Waals surface area contributed by atoms with Gasteiger partial charge >= 0.3 is 5.97 Å². The summed E-state index contributed by atoms with van der Waals surface area (Å²) in [5.41, 5.74) is 2.93. The van der Waals surface area contributed by atoms with E-state index in [4.69, 9.17) is 4.74 Å². The fourth-order valence-electron chi connectivity index (χ4n) is 2.95. The highest BCUT2D eigenvalue weighted by Gasteiger charge is 2.19. The van der Waals surface area contributed by atoms with Crippen LogP contribution in [-0.2, 0) is 11.2 Å². The third kappa shape index (κ3) is 4.00. The highest BCUT2D eigenvalue weighted by atomic mass is 19.1. The first-order valence-electron chi connectivity index (χ1n) is 8.63. The maximum Gasteiger partial charge on any atom is 0.341 e. The zero-order valence-electron chi connectivity index (χ0n) is 15.4. The van der Waals surface area contributed by atoms with Gasteiger partial charge in [-0.3, -0.25) is 4.98 Å². The van der Waals surface area contributed by atoms with Gasteiger partial charge in [-0.1, -0.05) is 12.1 Å². The van der Waals surface area contributed by atoms with Gasteiger partial charge in [-0.2, -0.15) is 0 Å². The molecule has 0 fully saturated rings. The number of carbonyl (C=O) groups excluding carboxylic acids is 1. The lowest BCUT2D eigenvalue weighted by molar-refractivity contribution is 0.0598. The van der Waals surface area contributed by atoms with E-state index < -0.39 is 5.97 Å². The Morgan fingerprint density at radius 2 is 1.93 bits per heavy atom. The molecule has 1 heterocycles. The van der Waals surface area contributed by atoms with Gasteiger partial charge in [0.25, 0.3) is 0 Å². The number of carbonyl (C=O) groups is 1. The third-order valence-electron chi connectivity index (χ3n) is 4.17. The number of methoxy groups -OCH3 is 1. The van der Waals surface area contributed by atoms with Crippen LogP contribution >= 0.6 is 0 Å². The first kappa shape index (κ1) is 18.6. The number of aromatic hydroxyl groups is 1. The lowest BCUT2D eigenvalue weighted by atomic mass is 10.0. The number of hydrogen-bond donors (Lipinski definition) is 2. The van der Waals surface area contributed by atoms with Crippen LogP contribution in [-0.4, -0.2) is 29.2 Å². The predicted octanol–water partition coefficient (Wildman–Crippen LogP) is 4.28. The average Bonchev–Trinajstić information content (AvgIpc) is 2.65. The standard InChI is InChI=1S/C21H21FN2O3/c1-12(2)24-18-10-17(21(26)27-3)20(25)19-16(18)9-14(11-23-19)8-13-4-6-15(22)7-5-13/h4-7,9-12,24-25H,8H2,1-3H3. The van der Waals surface area contributed by atoms with E-state index in [1.165, 1.54) is 19.2 Å². The number of fused-ring (bicyclic) bond motifs is 1. The lowest BCUT2D eigenvalue weighted by Gasteiger charge is -2.16. The number of nitrogens with zero attached hydrogens (tertiary/aromatic N) is 1. The van der Waals surface area contributed by atoms with Gasteiger partial charge in [-0.05, 0) is 55.7 Å². The Kier molecular flexibility index (Phi) is 5.26. The molecule has 3 rings (SSSR count). The molecule has 27 heavy (non-hydrogen) atoms. The van der Waals surface area contributed by atoms with Gasteiger partial charge in [0.15, 0.2) is 5.75 Å². The molecule has 140 valence electrons. The molecule has 0 aliphatic rings. The van der Waals surface area contributed by atoms with Crippen molar-refractivity contribution in [3.63, 3.8) is 0 Å². The number of phenolic OH excluding ortho intramolecular Hbond substituents is 1. The van der Waals surface area contributed by atoms with Crippen LogP contribution in [0.25, 0.3) is 10.9 Å². The minimum absolute atomic E-state index is 0.0620. The summed E-state index contributed by atoms with van der Waals surface area (Å²) < 4.78 is 17.9. The molecule has 0 bridgehead atoms. The quantitative estimate of drug-likeness (QED) is 0.520. The highest BCUT2D eigenvalue weighted by molar-refractivity contribution is 6.05. The molecule has 0 atom stereocenters. The number of pyridine rings is 1. The van der Waals surface area contributed by atoms with Crippen molar-refractivity contribution in [3.8, 4) is 5.75 Å². The molecule has 0 spiro atoms. The zero-order valence-corrected chi connectivity index (χ0v) is 15.4. The van der Waals surface area contributed by atoms with Crippen molar-refractivity contribution in [1.82, 2.24) is 4.98 Å². The molecule has 6 heteroatoms. The Hall–Kier alpha value is -3.15. The summed E-state index contributed by atoms with van der Waals surface area (Å²) in [6, 6.07) is 9.90. The van der Waals surface area contributed by atoms with Gasteiger partial charge in [0.1, 0.15) is 16.9 Å². The molecule has 0 unspecified atom stereocenters. The Balaban J connectivity index is 2.10. The minimum atomic E-state index is -0.626. The van der Waals surface area contributed by atoms with Crippen molar-refractivity contribution < 1.29 is 19.0 Å². The molecule has 2 N–H and O–H groups in total. The molecule has 0 amide bonds. The first-order chi connectivity index (χ1) is 12.9. The largest absolute Gasteiger partial charge is 0.505 e. The molecule has 1 aromatic heterocycles. The van der Waals surface area contributed by atoms with E-state index in [1.807, 2.05) is 19.9 Å². The lowest BCUT2D eigenvalue weighted by Crippen LogP contribution is -2.12. The molecule has 5 nitrogen and oxygen atoms in total. The fraction of sp³-hybridized carbons (Fsp3) is 0.238. The fourth-order valence-corrected chi connectivity index (χ4v) is 2.95. The van der Waals surface area contributed by atoms with Crippen molar-refractivity contribution >= 4 is 22.6 Å². The van der Waals surface area contributed by atoms with Crippen LogP contribution in [0.2, 0.25) is 0 Å². The monoisotopic (exact) mass is 368 g/mol. The summed E-state index contributed by atoms with van der Waals surface area (Å²) in [6.45, 7) is 3.96. The summed E-state index contributed by atoms with van der Waals surface area (Å²) in [5.74, 6) is -1.11. The number of aromatic nitrogens is 1. The molecule has 2 aromatic carbocycles. The number of hydrogen-bond acceptors (Lipinski definition) is 5. The van der Waals surface area contributed by atoms with Crippen LogP contribution in [0, 0.1) is 5.82 Å². The number of benzene rings is 2. The van der Waals surface area contributed by atoms with Crippen molar-refractivity contribution in [1.29, 1.82) is 0 Å². The molecule has 0 saturated heterocycles. The number of rotatable bonds is 5. The third-order valence-corrected chi connectivity index (χ3v) is 4.17. The maximum atomic E-state index is 13.1. The van der Waals surface area contributed by atoms with Crippen molar-refractivity contribution in [3.05, 3.63) is 65.1 Å². The van der Waals surface area contributed by atoms with Gasteiger partial charge < -0.3 is 15.2 Å². The molecule has 0 aliphatic heterocycles. The Morgan fingerprint density at radius 3 is 2.56 bits per heavy atom. The molecule has 3 aromatic rings. The number of esters is 1. The van der Waals surface area contributed by atoms with Crippen LogP contribution in [0.15, 0.2) is 42.6 Å². The zero-order chi connectivity index (χ0) is 19.6. The van der Waals surface area contributed by atoms with Crippen LogP contribution in [0.4, 0.5) is 10.1 Å². The van der Waals surface area contributed by atoms with Crippen LogP contribution < -0.4 is 5.32 Å². The van der Waals surface area contributed by atoms with Gasteiger partial charge in [0.05, 0.1) is 7.11 Å². The number of halogens is 1. The van der Waals surface area contributed by atoms with E-state index in [-0.39, 0.29) is 23.2 Å². The van der Waals surface area contributed by atoms with E-state index in [9.17, 15) is 14.3 Å². The van der Waals surface area contributed by atoms with Gasteiger partial charge in [0, 0.05) is 23.3 Å². The van der Waals surface area contributed by atoms with E-state index in [1.54, 1.807) is 24.4 Å². The number of nitrogens with one attached hydrogen (secondary N) is 1. The summed E-state index contributed by atoms with van der Waals surface area (Å²) in [4.78, 5) is 16.4. The number of phenols is 1. The topological polar surface area (TPSA) is 71.5 Å². The van der Waals surface area contributed by atoms with Gasteiger partial charge in [-0.15, -0.1) is 0 Å².